The van der Waals surface area contributed by atoms with E-state index in [4.69, 9.17) is 20.1 Å². The minimum atomic E-state index is -4.73. The Morgan fingerprint density at radius 1 is 1.17 bits per heavy atom. The normalized spacial score (nSPS) is 11.4. The maximum absolute atomic E-state index is 13.5. The van der Waals surface area contributed by atoms with Crippen molar-refractivity contribution in [3.8, 4) is 23.3 Å². The third-order valence-electron chi connectivity index (χ3n) is 4.62. The molecule has 7 nitrogen and oxygen atoms in total. The molecule has 2 N–H and O–H groups in total. The van der Waals surface area contributed by atoms with Crippen molar-refractivity contribution in [2.24, 2.45) is 0 Å². The second-order valence-corrected chi connectivity index (χ2v) is 8.19. The van der Waals surface area contributed by atoms with Gasteiger partial charge in [0.25, 0.3) is 0 Å². The number of allylic oxidation sites excluding steroid dienone is 1. The monoisotopic (exact) mass is 512 g/mol. The van der Waals surface area contributed by atoms with Crippen molar-refractivity contribution in [1.82, 2.24) is 10.3 Å². The van der Waals surface area contributed by atoms with Crippen molar-refractivity contribution in [3.63, 3.8) is 0 Å². The van der Waals surface area contributed by atoms with Crippen LogP contribution in [0.2, 0.25) is 0 Å². The van der Waals surface area contributed by atoms with Crippen LogP contribution in [0.25, 0.3) is 6.08 Å². The summed E-state index contributed by atoms with van der Waals surface area (Å²) >= 11 is 0.901. The summed E-state index contributed by atoms with van der Waals surface area (Å²) in [6.07, 6.45) is -1.01. The molecule has 36 heavy (non-hydrogen) atoms. The largest absolute Gasteiger partial charge is 0.493 e. The summed E-state index contributed by atoms with van der Waals surface area (Å²) in [6.45, 7) is 0.313. The SMILES string of the molecule is COc1cc(/C=C(/C=O)SC(=N)NCc2ccccn2)ccc1Oc1ccc(C#N)cc1C(F)(F)F. The van der Waals surface area contributed by atoms with Gasteiger partial charge in [0.05, 0.1) is 41.4 Å². The Balaban J connectivity index is 1.77. The van der Waals surface area contributed by atoms with Gasteiger partial charge < -0.3 is 14.8 Å². The fourth-order valence-corrected chi connectivity index (χ4v) is 3.59. The summed E-state index contributed by atoms with van der Waals surface area (Å²) < 4.78 is 51.1. The molecule has 0 fully saturated rings. The maximum atomic E-state index is 13.5. The molecule has 0 radical (unpaired) electrons. The van der Waals surface area contributed by atoms with E-state index in [2.05, 4.69) is 10.3 Å². The number of hydrogen-bond donors (Lipinski definition) is 2. The second kappa shape index (κ2) is 11.9. The van der Waals surface area contributed by atoms with Gasteiger partial charge in [0, 0.05) is 6.20 Å². The molecule has 0 aliphatic rings. The average Bonchev–Trinajstić information content (AvgIpc) is 2.88. The first kappa shape index (κ1) is 26.3. The van der Waals surface area contributed by atoms with E-state index in [1.54, 1.807) is 24.4 Å². The minimum absolute atomic E-state index is 0.00920. The van der Waals surface area contributed by atoms with Crippen LogP contribution in [0.1, 0.15) is 22.4 Å². The molecule has 0 saturated carbocycles. The number of aromatic nitrogens is 1. The van der Waals surface area contributed by atoms with Gasteiger partial charge in [0.1, 0.15) is 5.75 Å². The highest BCUT2D eigenvalue weighted by Crippen LogP contribution is 2.41. The van der Waals surface area contributed by atoms with Crippen LogP contribution in [0.15, 0.2) is 65.7 Å². The second-order valence-electron chi connectivity index (χ2n) is 7.10. The number of pyridine rings is 1. The molecule has 0 aliphatic heterocycles. The molecule has 3 rings (SSSR count). The molecule has 0 amide bonds. The molecule has 11 heteroatoms. The van der Waals surface area contributed by atoms with Gasteiger partial charge in [-0.05, 0) is 65.9 Å². The molecule has 3 aromatic rings. The summed E-state index contributed by atoms with van der Waals surface area (Å²) in [5.41, 5.74) is -0.0111. The fraction of sp³-hybridized carbons (Fsp3) is 0.120. The van der Waals surface area contributed by atoms with Gasteiger partial charge in [-0.15, -0.1) is 0 Å². The first-order valence-corrected chi connectivity index (χ1v) is 11.1. The molecule has 0 aliphatic carbocycles. The number of amidine groups is 1. The highest BCUT2D eigenvalue weighted by Gasteiger charge is 2.35. The molecule has 184 valence electrons. The lowest BCUT2D eigenvalue weighted by molar-refractivity contribution is -0.138. The van der Waals surface area contributed by atoms with E-state index in [9.17, 15) is 18.0 Å². The topological polar surface area (TPSA) is 108 Å². The van der Waals surface area contributed by atoms with Crippen LogP contribution < -0.4 is 14.8 Å². The predicted molar refractivity (Wildman–Crippen MR) is 130 cm³/mol. The summed E-state index contributed by atoms with van der Waals surface area (Å²) in [7, 11) is 1.33. The third-order valence-corrected chi connectivity index (χ3v) is 5.42. The Kier molecular flexibility index (Phi) is 8.70. The van der Waals surface area contributed by atoms with Crippen LogP contribution in [0.4, 0.5) is 13.2 Å². The van der Waals surface area contributed by atoms with Crippen LogP contribution in [0.3, 0.4) is 0 Å². The number of aldehydes is 1. The van der Waals surface area contributed by atoms with E-state index < -0.39 is 17.5 Å². The van der Waals surface area contributed by atoms with Gasteiger partial charge in [0.15, 0.2) is 23.0 Å². The number of nitrogens with one attached hydrogen (secondary N) is 2. The molecule has 1 heterocycles. The number of hydrogen-bond acceptors (Lipinski definition) is 7. The quantitative estimate of drug-likeness (QED) is 0.171. The van der Waals surface area contributed by atoms with Gasteiger partial charge in [-0.25, -0.2) is 0 Å². The van der Waals surface area contributed by atoms with Crippen molar-refractivity contribution >= 4 is 29.3 Å². The number of carbonyl (C=O) groups excluding carboxylic acids is 1. The highest BCUT2D eigenvalue weighted by molar-refractivity contribution is 8.17. The smallest absolute Gasteiger partial charge is 0.420 e. The number of alkyl halides is 3. The molecule has 0 atom stereocenters. The van der Waals surface area contributed by atoms with Crippen molar-refractivity contribution < 1.29 is 27.4 Å². The summed E-state index contributed by atoms with van der Waals surface area (Å²) in [5, 5.41) is 19.9. The number of methoxy groups -OCH3 is 1. The summed E-state index contributed by atoms with van der Waals surface area (Å²) in [5.74, 6) is -0.352. The maximum Gasteiger partial charge on any atom is 0.420 e. The first-order chi connectivity index (χ1) is 17.2. The van der Waals surface area contributed by atoms with Gasteiger partial charge >= 0.3 is 6.18 Å². The molecular formula is C25H19F3N4O3S. The van der Waals surface area contributed by atoms with Crippen molar-refractivity contribution in [1.29, 1.82) is 10.7 Å². The first-order valence-electron chi connectivity index (χ1n) is 10.3. The Morgan fingerprint density at radius 3 is 2.58 bits per heavy atom. The van der Waals surface area contributed by atoms with E-state index in [-0.39, 0.29) is 27.1 Å². The standard InChI is InChI=1S/C25H19F3N4O3S/c1-34-23-12-16(10-19(15-33)36-24(30)32-14-18-4-2-3-9-31-18)5-8-22(23)35-21-7-6-17(13-29)11-20(21)25(26,27)28/h2-12,15H,14H2,1H3,(H2,30,32)/b19-10-. The van der Waals surface area contributed by atoms with Crippen molar-refractivity contribution in [2.45, 2.75) is 12.7 Å². The van der Waals surface area contributed by atoms with Crippen LogP contribution >= 0.6 is 11.8 Å². The lowest BCUT2D eigenvalue weighted by Gasteiger charge is -2.16. The molecule has 2 aromatic carbocycles. The van der Waals surface area contributed by atoms with E-state index in [0.717, 1.165) is 23.5 Å². The summed E-state index contributed by atoms with van der Waals surface area (Å²) in [6, 6.07) is 14.5. The highest BCUT2D eigenvalue weighted by atomic mass is 32.2. The van der Waals surface area contributed by atoms with E-state index in [1.165, 1.54) is 37.5 Å². The number of nitrogens with zero attached hydrogens (tertiary/aromatic N) is 2. The minimum Gasteiger partial charge on any atom is -0.493 e. The number of halogens is 3. The number of ether oxygens (including phenoxy) is 2. The Labute approximate surface area is 209 Å². The number of nitriles is 1. The lowest BCUT2D eigenvalue weighted by atomic mass is 10.1. The Bertz CT molecular complexity index is 1320. The zero-order valence-corrected chi connectivity index (χ0v) is 19.6. The van der Waals surface area contributed by atoms with Gasteiger partial charge in [-0.2, -0.15) is 18.4 Å². The Morgan fingerprint density at radius 2 is 1.94 bits per heavy atom. The van der Waals surface area contributed by atoms with Crippen LogP contribution in [0, 0.1) is 16.7 Å². The number of thioether (sulfide) groups is 1. The zero-order valence-electron chi connectivity index (χ0n) is 18.8. The van der Waals surface area contributed by atoms with Gasteiger partial charge in [0.2, 0.25) is 0 Å². The van der Waals surface area contributed by atoms with Gasteiger partial charge in [-0.1, -0.05) is 12.1 Å². The van der Waals surface area contributed by atoms with Crippen molar-refractivity contribution in [2.75, 3.05) is 7.11 Å². The van der Waals surface area contributed by atoms with E-state index >= 15 is 0 Å². The average molecular weight is 513 g/mol. The fourth-order valence-electron chi connectivity index (χ4n) is 2.97. The van der Waals surface area contributed by atoms with E-state index in [1.807, 2.05) is 6.07 Å². The Hall–Kier alpha value is -4.30. The van der Waals surface area contributed by atoms with Gasteiger partial charge in [-0.3, -0.25) is 15.2 Å². The molecular weight excluding hydrogens is 493 g/mol. The molecule has 0 saturated heterocycles. The van der Waals surface area contributed by atoms with Crippen LogP contribution in [0.5, 0.6) is 17.2 Å². The molecule has 1 aromatic heterocycles. The predicted octanol–water partition coefficient (Wildman–Crippen LogP) is 5.77. The van der Waals surface area contributed by atoms with E-state index in [0.29, 0.717) is 24.5 Å². The van der Waals surface area contributed by atoms with Crippen LogP contribution in [-0.2, 0) is 17.5 Å². The van der Waals surface area contributed by atoms with Crippen molar-refractivity contribution in [3.05, 3.63) is 88.1 Å². The number of rotatable bonds is 8. The third kappa shape index (κ3) is 7.10. The number of benzene rings is 2. The molecule has 0 unspecified atom stereocenters. The lowest BCUT2D eigenvalue weighted by Crippen LogP contribution is -2.19. The molecule has 0 spiro atoms. The van der Waals surface area contributed by atoms with Crippen LogP contribution in [-0.4, -0.2) is 23.5 Å². The summed E-state index contributed by atoms with van der Waals surface area (Å²) in [4.78, 5) is 15.9. The molecule has 0 bridgehead atoms. The zero-order chi connectivity index (χ0) is 26.1. The number of carbonyl (C=O) groups is 1.